The second kappa shape index (κ2) is 6.94. The molecule has 0 bridgehead atoms. The molecule has 0 aliphatic rings. The van der Waals surface area contributed by atoms with Gasteiger partial charge in [-0.15, -0.1) is 0 Å². The number of aromatic nitrogens is 1. The first-order valence-corrected chi connectivity index (χ1v) is 8.60. The molecule has 0 saturated carbocycles. The Morgan fingerprint density at radius 3 is 1.92 bits per heavy atom. The average molecular weight is 326 g/mol. The fourth-order valence-electron chi connectivity index (χ4n) is 2.81. The van der Waals surface area contributed by atoms with Gasteiger partial charge in [-0.25, -0.2) is 0 Å². The van der Waals surface area contributed by atoms with E-state index in [-0.39, 0.29) is 17.0 Å². The summed E-state index contributed by atoms with van der Waals surface area (Å²) >= 11 is 0. The summed E-state index contributed by atoms with van der Waals surface area (Å²) in [7, 11) is 0. The minimum absolute atomic E-state index is 0.0145. The monoisotopic (exact) mass is 326 g/mol. The first-order chi connectivity index (χ1) is 11.0. The van der Waals surface area contributed by atoms with E-state index in [2.05, 4.69) is 71.1 Å². The molecule has 1 aromatic heterocycles. The maximum atomic E-state index is 11.2. The van der Waals surface area contributed by atoms with Gasteiger partial charge in [0.05, 0.1) is 0 Å². The molecule has 1 unspecified atom stereocenters. The summed E-state index contributed by atoms with van der Waals surface area (Å²) in [6.07, 6.45) is 3.98. The highest BCUT2D eigenvalue weighted by atomic mass is 16.5. The van der Waals surface area contributed by atoms with Crippen LogP contribution in [0.4, 0.5) is 0 Å². The Labute approximate surface area is 146 Å². The molecule has 2 rings (SSSR count). The molecule has 0 saturated heterocycles. The molecule has 0 radical (unpaired) electrons. The highest BCUT2D eigenvalue weighted by Gasteiger charge is 2.21. The van der Waals surface area contributed by atoms with E-state index in [4.69, 9.17) is 0 Å². The molecular formula is C21H30N2O. The Morgan fingerprint density at radius 1 is 0.917 bits per heavy atom. The number of pyridine rings is 1. The molecule has 0 aliphatic carbocycles. The van der Waals surface area contributed by atoms with Crippen LogP contribution in [0, 0.1) is 5.21 Å². The first kappa shape index (κ1) is 18.5. The van der Waals surface area contributed by atoms with Gasteiger partial charge >= 0.3 is 0 Å². The van der Waals surface area contributed by atoms with Gasteiger partial charge in [0.1, 0.15) is 0 Å². The third kappa shape index (κ3) is 5.34. The van der Waals surface area contributed by atoms with E-state index in [1.807, 2.05) is 12.1 Å². The lowest BCUT2D eigenvalue weighted by Crippen LogP contribution is -2.39. The standard InChI is InChI=1S/C21H30N2O/c1-20(2,3)18-9-7-17(8-10-18)19(22-21(4,5)6)15-16-11-13-23(24)14-12-16/h7-14,19,22H,15H2,1-6H3. The predicted octanol–water partition coefficient (Wildman–Crippen LogP) is 4.29. The third-order valence-electron chi connectivity index (χ3n) is 4.10. The molecule has 1 heterocycles. The zero-order valence-corrected chi connectivity index (χ0v) is 15.8. The zero-order valence-electron chi connectivity index (χ0n) is 15.8. The molecule has 0 spiro atoms. The first-order valence-electron chi connectivity index (χ1n) is 8.60. The van der Waals surface area contributed by atoms with Gasteiger partial charge in [0.15, 0.2) is 12.4 Å². The quantitative estimate of drug-likeness (QED) is 0.672. The Morgan fingerprint density at radius 2 is 1.46 bits per heavy atom. The van der Waals surface area contributed by atoms with E-state index in [9.17, 15) is 5.21 Å². The number of hydrogen-bond donors (Lipinski definition) is 1. The number of rotatable bonds is 4. The Kier molecular flexibility index (Phi) is 5.34. The summed E-state index contributed by atoms with van der Waals surface area (Å²) in [5.74, 6) is 0. The van der Waals surface area contributed by atoms with Crippen LogP contribution in [0.2, 0.25) is 0 Å². The van der Waals surface area contributed by atoms with Crippen molar-refractivity contribution in [1.29, 1.82) is 0 Å². The van der Waals surface area contributed by atoms with Crippen LogP contribution in [-0.4, -0.2) is 5.54 Å². The van der Waals surface area contributed by atoms with Crippen molar-refractivity contribution in [3.63, 3.8) is 0 Å². The van der Waals surface area contributed by atoms with Gasteiger partial charge in [-0.05, 0) is 49.3 Å². The van der Waals surface area contributed by atoms with Gasteiger partial charge in [0, 0.05) is 23.7 Å². The lowest BCUT2D eigenvalue weighted by atomic mass is 9.85. The molecule has 1 N–H and O–H groups in total. The van der Waals surface area contributed by atoms with Gasteiger partial charge in [0.25, 0.3) is 0 Å². The van der Waals surface area contributed by atoms with Crippen molar-refractivity contribution in [2.45, 2.75) is 65.0 Å². The topological polar surface area (TPSA) is 39.0 Å². The van der Waals surface area contributed by atoms with Crippen molar-refractivity contribution in [3.05, 3.63) is 70.7 Å². The molecule has 0 fully saturated rings. The summed E-state index contributed by atoms with van der Waals surface area (Å²) in [6, 6.07) is 12.9. The van der Waals surface area contributed by atoms with Crippen LogP contribution in [0.1, 0.15) is 64.3 Å². The summed E-state index contributed by atoms with van der Waals surface area (Å²) in [4.78, 5) is 0. The van der Waals surface area contributed by atoms with Crippen LogP contribution in [0.3, 0.4) is 0 Å². The van der Waals surface area contributed by atoms with E-state index < -0.39 is 0 Å². The fraction of sp³-hybridized carbons (Fsp3) is 0.476. The number of benzene rings is 1. The van der Waals surface area contributed by atoms with Gasteiger partial charge in [-0.3, -0.25) is 0 Å². The summed E-state index contributed by atoms with van der Waals surface area (Å²) in [5.41, 5.74) is 3.95. The van der Waals surface area contributed by atoms with Crippen molar-refractivity contribution in [2.75, 3.05) is 0 Å². The summed E-state index contributed by atoms with van der Waals surface area (Å²) in [6.45, 7) is 13.2. The summed E-state index contributed by atoms with van der Waals surface area (Å²) in [5, 5.41) is 14.9. The lowest BCUT2D eigenvalue weighted by molar-refractivity contribution is -0.605. The average Bonchev–Trinajstić information content (AvgIpc) is 2.47. The number of nitrogens with one attached hydrogen (secondary N) is 1. The van der Waals surface area contributed by atoms with E-state index in [1.165, 1.54) is 11.1 Å². The maximum absolute atomic E-state index is 11.2. The highest BCUT2D eigenvalue weighted by molar-refractivity contribution is 5.30. The molecule has 3 nitrogen and oxygen atoms in total. The third-order valence-corrected chi connectivity index (χ3v) is 4.10. The lowest BCUT2D eigenvalue weighted by Gasteiger charge is -2.29. The van der Waals surface area contributed by atoms with Crippen LogP contribution in [0.5, 0.6) is 0 Å². The molecule has 0 amide bonds. The van der Waals surface area contributed by atoms with Crippen molar-refractivity contribution in [3.8, 4) is 0 Å². The maximum Gasteiger partial charge on any atom is 0.180 e. The Hall–Kier alpha value is -1.87. The fourth-order valence-corrected chi connectivity index (χ4v) is 2.81. The van der Waals surface area contributed by atoms with Crippen LogP contribution in [0.15, 0.2) is 48.8 Å². The van der Waals surface area contributed by atoms with Gasteiger partial charge in [-0.1, -0.05) is 45.0 Å². The summed E-state index contributed by atoms with van der Waals surface area (Å²) < 4.78 is 0.827. The molecular weight excluding hydrogens is 296 g/mol. The number of hydrogen-bond acceptors (Lipinski definition) is 2. The van der Waals surface area contributed by atoms with Crippen molar-refractivity contribution >= 4 is 0 Å². The Balaban J connectivity index is 2.27. The smallest absolute Gasteiger partial charge is 0.180 e. The van der Waals surface area contributed by atoms with E-state index in [0.717, 1.165) is 16.7 Å². The number of nitrogens with zero attached hydrogens (tertiary/aromatic N) is 1. The molecule has 0 aliphatic heterocycles. The van der Waals surface area contributed by atoms with Crippen molar-refractivity contribution in [2.24, 2.45) is 0 Å². The minimum atomic E-state index is 0.0145. The molecule has 1 atom stereocenters. The SMILES string of the molecule is CC(C)(C)NC(Cc1cc[n+]([O-])cc1)c1ccc(C(C)(C)C)cc1. The molecule has 3 heteroatoms. The van der Waals surface area contributed by atoms with E-state index in [0.29, 0.717) is 0 Å². The van der Waals surface area contributed by atoms with Crippen molar-refractivity contribution in [1.82, 2.24) is 5.32 Å². The largest absolute Gasteiger partial charge is 0.619 e. The Bertz CT molecular complexity index is 646. The van der Waals surface area contributed by atoms with Crippen molar-refractivity contribution < 1.29 is 4.73 Å². The second-order valence-electron chi connectivity index (χ2n) is 8.59. The van der Waals surface area contributed by atoms with Crippen LogP contribution >= 0.6 is 0 Å². The van der Waals surface area contributed by atoms with Gasteiger partial charge < -0.3 is 10.5 Å². The predicted molar refractivity (Wildman–Crippen MR) is 99.9 cm³/mol. The van der Waals surface area contributed by atoms with Crippen LogP contribution < -0.4 is 10.0 Å². The molecule has 2 aromatic rings. The highest BCUT2D eigenvalue weighted by Crippen LogP contribution is 2.26. The van der Waals surface area contributed by atoms with E-state index in [1.54, 1.807) is 12.4 Å². The van der Waals surface area contributed by atoms with Crippen LogP contribution in [0.25, 0.3) is 0 Å². The van der Waals surface area contributed by atoms with E-state index >= 15 is 0 Å². The minimum Gasteiger partial charge on any atom is -0.619 e. The van der Waals surface area contributed by atoms with Gasteiger partial charge in [-0.2, -0.15) is 4.73 Å². The van der Waals surface area contributed by atoms with Gasteiger partial charge in [0.2, 0.25) is 0 Å². The second-order valence-corrected chi connectivity index (χ2v) is 8.59. The normalized spacial score (nSPS) is 13.8. The molecule has 24 heavy (non-hydrogen) atoms. The zero-order chi connectivity index (χ0) is 18.0. The van der Waals surface area contributed by atoms with Crippen LogP contribution in [-0.2, 0) is 11.8 Å². The molecule has 130 valence electrons. The molecule has 1 aromatic carbocycles.